The maximum absolute atomic E-state index is 12.6. The number of rotatable bonds is 38. The molecule has 6 nitrogen and oxygen atoms in total. The molecule has 0 heterocycles. The van der Waals surface area contributed by atoms with Crippen LogP contribution in [0.1, 0.15) is 226 Å². The molecule has 6 heteroatoms. The molecule has 0 aromatic carbocycles. The van der Waals surface area contributed by atoms with Gasteiger partial charge in [0.1, 0.15) is 13.2 Å². The van der Waals surface area contributed by atoms with E-state index in [1.807, 2.05) is 0 Å². The van der Waals surface area contributed by atoms with Gasteiger partial charge in [-0.25, -0.2) is 0 Å². The van der Waals surface area contributed by atoms with Crippen LogP contribution in [0.4, 0.5) is 0 Å². The van der Waals surface area contributed by atoms with Gasteiger partial charge in [0, 0.05) is 19.3 Å². The highest BCUT2D eigenvalue weighted by Crippen LogP contribution is 2.14. The SMILES string of the molecule is CCCCCCCCC/C=C\CCCCCCCC(=O)OCC(COC(=O)CCCCCCCC)OC(=O)CCCCCCCCCCC. The van der Waals surface area contributed by atoms with Crippen LogP contribution in [0.5, 0.6) is 0 Å². The van der Waals surface area contributed by atoms with Crippen molar-refractivity contribution in [3.8, 4) is 0 Å². The first-order valence-electron chi connectivity index (χ1n) is 21.2. The molecule has 0 saturated carbocycles. The van der Waals surface area contributed by atoms with Crippen LogP contribution in [0.2, 0.25) is 0 Å². The number of ether oxygens (including phenoxy) is 3. The Morgan fingerprint density at radius 3 is 1.02 bits per heavy atom. The van der Waals surface area contributed by atoms with E-state index in [9.17, 15) is 14.4 Å². The Morgan fingerprint density at radius 2 is 0.673 bits per heavy atom. The van der Waals surface area contributed by atoms with E-state index in [1.165, 1.54) is 122 Å². The van der Waals surface area contributed by atoms with Crippen LogP contribution >= 0.6 is 0 Å². The van der Waals surface area contributed by atoms with Gasteiger partial charge in [0.15, 0.2) is 6.10 Å². The van der Waals surface area contributed by atoms with E-state index in [1.54, 1.807) is 0 Å². The molecule has 0 saturated heterocycles. The van der Waals surface area contributed by atoms with Crippen LogP contribution in [-0.2, 0) is 28.6 Å². The molecule has 49 heavy (non-hydrogen) atoms. The first-order valence-corrected chi connectivity index (χ1v) is 21.2. The number of esters is 3. The van der Waals surface area contributed by atoms with Gasteiger partial charge < -0.3 is 14.2 Å². The van der Waals surface area contributed by atoms with Crippen LogP contribution in [0.15, 0.2) is 12.2 Å². The second-order valence-electron chi connectivity index (χ2n) is 14.3. The number of carbonyl (C=O) groups excluding carboxylic acids is 3. The van der Waals surface area contributed by atoms with Gasteiger partial charge in [-0.3, -0.25) is 14.4 Å². The smallest absolute Gasteiger partial charge is 0.306 e. The fraction of sp³-hybridized carbons (Fsp3) is 0.884. The third kappa shape index (κ3) is 37.2. The molecule has 0 aliphatic carbocycles. The summed E-state index contributed by atoms with van der Waals surface area (Å²) in [5.74, 6) is -0.888. The maximum atomic E-state index is 12.6. The van der Waals surface area contributed by atoms with E-state index in [4.69, 9.17) is 14.2 Å². The number of unbranched alkanes of at least 4 members (excludes halogenated alkanes) is 25. The largest absolute Gasteiger partial charge is 0.462 e. The molecule has 0 N–H and O–H groups in total. The Balaban J connectivity index is 4.23. The van der Waals surface area contributed by atoms with Crippen molar-refractivity contribution in [1.82, 2.24) is 0 Å². The van der Waals surface area contributed by atoms with Crippen LogP contribution in [0, 0.1) is 0 Å². The molecular formula is C43H80O6. The molecule has 0 aliphatic rings. The van der Waals surface area contributed by atoms with Gasteiger partial charge >= 0.3 is 17.9 Å². The molecule has 0 bridgehead atoms. The minimum atomic E-state index is -0.762. The summed E-state index contributed by atoms with van der Waals surface area (Å²) in [4.78, 5) is 37.3. The van der Waals surface area contributed by atoms with Gasteiger partial charge in [0.25, 0.3) is 0 Å². The minimum absolute atomic E-state index is 0.0705. The molecule has 0 rings (SSSR count). The van der Waals surface area contributed by atoms with E-state index in [0.717, 1.165) is 64.2 Å². The third-order valence-corrected chi connectivity index (χ3v) is 9.27. The molecule has 1 atom stereocenters. The predicted octanol–water partition coefficient (Wildman–Crippen LogP) is 13.1. The molecule has 0 aromatic rings. The van der Waals surface area contributed by atoms with Crippen molar-refractivity contribution in [3.05, 3.63) is 12.2 Å². The zero-order valence-electron chi connectivity index (χ0n) is 32.7. The molecule has 0 spiro atoms. The van der Waals surface area contributed by atoms with Crippen molar-refractivity contribution >= 4 is 17.9 Å². The average molecular weight is 693 g/mol. The predicted molar refractivity (Wildman–Crippen MR) is 206 cm³/mol. The van der Waals surface area contributed by atoms with E-state index in [2.05, 4.69) is 32.9 Å². The Bertz CT molecular complexity index is 763. The molecular weight excluding hydrogens is 612 g/mol. The Hall–Kier alpha value is -1.85. The van der Waals surface area contributed by atoms with Crippen molar-refractivity contribution in [2.45, 2.75) is 232 Å². The zero-order chi connectivity index (χ0) is 35.9. The lowest BCUT2D eigenvalue weighted by atomic mass is 10.1. The highest BCUT2D eigenvalue weighted by molar-refractivity contribution is 5.71. The minimum Gasteiger partial charge on any atom is -0.462 e. The average Bonchev–Trinajstić information content (AvgIpc) is 3.10. The fourth-order valence-corrected chi connectivity index (χ4v) is 6.02. The number of hydrogen-bond acceptors (Lipinski definition) is 6. The van der Waals surface area contributed by atoms with E-state index < -0.39 is 6.10 Å². The Labute approximate surface area is 303 Å². The summed E-state index contributed by atoms with van der Waals surface area (Å²) < 4.78 is 16.6. The summed E-state index contributed by atoms with van der Waals surface area (Å²) in [5.41, 5.74) is 0. The molecule has 0 aliphatic heterocycles. The lowest BCUT2D eigenvalue weighted by molar-refractivity contribution is -0.167. The molecule has 0 aromatic heterocycles. The second-order valence-corrected chi connectivity index (χ2v) is 14.3. The Morgan fingerprint density at radius 1 is 0.388 bits per heavy atom. The summed E-state index contributed by atoms with van der Waals surface area (Å²) in [6, 6.07) is 0. The van der Waals surface area contributed by atoms with Crippen molar-refractivity contribution in [3.63, 3.8) is 0 Å². The lowest BCUT2D eigenvalue weighted by Crippen LogP contribution is -2.30. The van der Waals surface area contributed by atoms with Gasteiger partial charge in [0.05, 0.1) is 0 Å². The molecule has 0 radical (unpaired) electrons. The lowest BCUT2D eigenvalue weighted by Gasteiger charge is -2.18. The van der Waals surface area contributed by atoms with E-state index in [-0.39, 0.29) is 31.1 Å². The summed E-state index contributed by atoms with van der Waals surface area (Å²) in [5, 5.41) is 0. The zero-order valence-corrected chi connectivity index (χ0v) is 32.7. The standard InChI is InChI=1S/C43H80O6/c1-4-7-10-13-16-18-19-20-21-22-23-24-26-27-30-33-36-42(45)48-39-40(38-47-41(44)35-32-29-15-12-9-6-3)49-43(46)37-34-31-28-25-17-14-11-8-5-2/h21-22,40H,4-20,23-39H2,1-3H3/b22-21-. The van der Waals surface area contributed by atoms with Gasteiger partial charge in [-0.2, -0.15) is 0 Å². The van der Waals surface area contributed by atoms with Crippen LogP contribution in [-0.4, -0.2) is 37.2 Å². The van der Waals surface area contributed by atoms with Gasteiger partial charge in [0.2, 0.25) is 0 Å². The quantitative estimate of drug-likeness (QED) is 0.0277. The van der Waals surface area contributed by atoms with Crippen LogP contribution in [0.3, 0.4) is 0 Å². The topological polar surface area (TPSA) is 78.9 Å². The van der Waals surface area contributed by atoms with Gasteiger partial charge in [-0.05, 0) is 44.9 Å². The molecule has 0 amide bonds. The summed E-state index contributed by atoms with van der Waals surface area (Å²) >= 11 is 0. The second kappa shape index (κ2) is 38.9. The number of carbonyl (C=O) groups is 3. The van der Waals surface area contributed by atoms with Gasteiger partial charge in [-0.1, -0.05) is 174 Å². The van der Waals surface area contributed by atoms with Crippen molar-refractivity contribution in [2.24, 2.45) is 0 Å². The first-order chi connectivity index (χ1) is 24.0. The molecule has 288 valence electrons. The first kappa shape index (κ1) is 47.1. The molecule has 0 fully saturated rings. The summed E-state index contributed by atoms with van der Waals surface area (Å²) in [7, 11) is 0. The third-order valence-electron chi connectivity index (χ3n) is 9.27. The van der Waals surface area contributed by atoms with Crippen molar-refractivity contribution in [1.29, 1.82) is 0 Å². The monoisotopic (exact) mass is 693 g/mol. The van der Waals surface area contributed by atoms with Crippen molar-refractivity contribution in [2.75, 3.05) is 13.2 Å². The van der Waals surface area contributed by atoms with Gasteiger partial charge in [-0.15, -0.1) is 0 Å². The summed E-state index contributed by atoms with van der Waals surface area (Å²) in [6.45, 7) is 6.54. The maximum Gasteiger partial charge on any atom is 0.306 e. The molecule has 1 unspecified atom stereocenters. The van der Waals surface area contributed by atoms with Crippen LogP contribution < -0.4 is 0 Å². The Kier molecular flexibility index (Phi) is 37.5. The van der Waals surface area contributed by atoms with Crippen LogP contribution in [0.25, 0.3) is 0 Å². The fourth-order valence-electron chi connectivity index (χ4n) is 6.02. The summed E-state index contributed by atoms with van der Waals surface area (Å²) in [6.07, 6.45) is 39.3. The normalized spacial score (nSPS) is 12.0. The highest BCUT2D eigenvalue weighted by Gasteiger charge is 2.19. The number of allylic oxidation sites excluding steroid dienone is 2. The number of hydrogen-bond donors (Lipinski definition) is 0. The van der Waals surface area contributed by atoms with E-state index in [0.29, 0.717) is 19.3 Å². The van der Waals surface area contributed by atoms with Crippen molar-refractivity contribution < 1.29 is 28.6 Å². The van der Waals surface area contributed by atoms with E-state index >= 15 is 0 Å². The highest BCUT2D eigenvalue weighted by atomic mass is 16.6.